The van der Waals surface area contributed by atoms with E-state index < -0.39 is 6.10 Å². The predicted molar refractivity (Wildman–Crippen MR) is 42.9 cm³/mol. The highest BCUT2D eigenvalue weighted by molar-refractivity contribution is 5.08. The molecule has 0 aromatic carbocycles. The second kappa shape index (κ2) is 2.84. The van der Waals surface area contributed by atoms with Gasteiger partial charge >= 0.3 is 0 Å². The second-order valence-corrected chi connectivity index (χ2v) is 3.45. The van der Waals surface area contributed by atoms with Crippen LogP contribution >= 0.6 is 0 Å². The summed E-state index contributed by atoms with van der Waals surface area (Å²) in [7, 11) is 0. The molecule has 1 N–H and O–H groups in total. The fraction of sp³-hybridized carbons (Fsp3) is 0.778. The highest BCUT2D eigenvalue weighted by Crippen LogP contribution is 2.38. The molecule has 0 saturated carbocycles. The molecular weight excluding hydrogens is 140 g/mol. The third-order valence-corrected chi connectivity index (χ3v) is 2.59. The summed E-state index contributed by atoms with van der Waals surface area (Å²) in [6.45, 7) is 5.30. The summed E-state index contributed by atoms with van der Waals surface area (Å²) < 4.78 is 5.07. The molecule has 0 aliphatic carbocycles. The van der Waals surface area contributed by atoms with Crippen molar-refractivity contribution in [3.05, 3.63) is 0 Å². The Morgan fingerprint density at radius 3 is 2.18 bits per heavy atom. The van der Waals surface area contributed by atoms with Crippen molar-refractivity contribution >= 4 is 0 Å². The maximum Gasteiger partial charge on any atom is 0.124 e. The highest BCUT2D eigenvalue weighted by Gasteiger charge is 2.46. The summed E-state index contributed by atoms with van der Waals surface area (Å²) in [5.74, 6) is 2.74. The van der Waals surface area contributed by atoms with Crippen molar-refractivity contribution in [1.29, 1.82) is 0 Å². The number of rotatable bonds is 2. The average Bonchev–Trinajstić information content (AvgIpc) is 1.84. The van der Waals surface area contributed by atoms with Crippen molar-refractivity contribution in [2.75, 3.05) is 13.2 Å². The van der Waals surface area contributed by atoms with Crippen LogP contribution in [0.25, 0.3) is 0 Å². The van der Waals surface area contributed by atoms with Gasteiger partial charge in [0.15, 0.2) is 0 Å². The van der Waals surface area contributed by atoms with Gasteiger partial charge in [0, 0.05) is 0 Å². The van der Waals surface area contributed by atoms with Gasteiger partial charge in [-0.25, -0.2) is 0 Å². The molecule has 2 heteroatoms. The molecule has 2 nitrogen and oxygen atoms in total. The maximum atomic E-state index is 9.48. The maximum absolute atomic E-state index is 9.48. The highest BCUT2D eigenvalue weighted by atomic mass is 16.5. The van der Waals surface area contributed by atoms with Crippen LogP contribution in [-0.2, 0) is 4.74 Å². The van der Waals surface area contributed by atoms with Crippen molar-refractivity contribution in [3.8, 4) is 12.3 Å². The summed E-state index contributed by atoms with van der Waals surface area (Å²) in [5.41, 5.74) is -0.172. The van der Waals surface area contributed by atoms with Crippen molar-refractivity contribution in [1.82, 2.24) is 0 Å². The van der Waals surface area contributed by atoms with E-state index in [0.717, 1.165) is 0 Å². The first-order valence-electron chi connectivity index (χ1n) is 3.85. The molecule has 0 aromatic rings. The van der Waals surface area contributed by atoms with Crippen LogP contribution in [0.1, 0.15) is 13.8 Å². The van der Waals surface area contributed by atoms with Gasteiger partial charge in [0.25, 0.3) is 0 Å². The number of ether oxygens (including phenoxy) is 1. The molecule has 1 aliphatic rings. The van der Waals surface area contributed by atoms with Crippen LogP contribution in [0.4, 0.5) is 0 Å². The SMILES string of the molecule is C#CC(O)C1(C(C)C)COC1. The first-order valence-corrected chi connectivity index (χ1v) is 3.85. The van der Waals surface area contributed by atoms with Crippen LogP contribution in [0, 0.1) is 23.7 Å². The van der Waals surface area contributed by atoms with Crippen LogP contribution in [0.2, 0.25) is 0 Å². The third kappa shape index (κ3) is 1.15. The Hall–Kier alpha value is -0.520. The zero-order valence-electron chi connectivity index (χ0n) is 7.00. The molecule has 1 saturated heterocycles. The van der Waals surface area contributed by atoms with Gasteiger partial charge in [0.2, 0.25) is 0 Å². The van der Waals surface area contributed by atoms with E-state index in [1.54, 1.807) is 0 Å². The monoisotopic (exact) mass is 154 g/mol. The topological polar surface area (TPSA) is 29.5 Å². The fourth-order valence-electron chi connectivity index (χ4n) is 1.31. The van der Waals surface area contributed by atoms with Gasteiger partial charge in [-0.05, 0) is 5.92 Å². The molecule has 0 aromatic heterocycles. The van der Waals surface area contributed by atoms with Crippen molar-refractivity contribution in [2.45, 2.75) is 20.0 Å². The molecule has 0 spiro atoms. The quantitative estimate of drug-likeness (QED) is 0.592. The lowest BCUT2D eigenvalue weighted by Gasteiger charge is -2.46. The first kappa shape index (κ1) is 8.58. The summed E-state index contributed by atoms with van der Waals surface area (Å²) >= 11 is 0. The number of hydrogen-bond acceptors (Lipinski definition) is 2. The summed E-state index contributed by atoms with van der Waals surface area (Å²) in [4.78, 5) is 0. The van der Waals surface area contributed by atoms with Crippen molar-refractivity contribution in [2.24, 2.45) is 11.3 Å². The van der Waals surface area contributed by atoms with Crippen LogP contribution in [0.15, 0.2) is 0 Å². The van der Waals surface area contributed by atoms with E-state index in [0.29, 0.717) is 19.1 Å². The standard InChI is InChI=1S/C9H14O2/c1-4-8(10)9(7(2)3)5-11-6-9/h1,7-8,10H,5-6H2,2-3H3. The number of terminal acetylenes is 1. The number of hydrogen-bond donors (Lipinski definition) is 1. The Labute approximate surface area is 67.6 Å². The minimum absolute atomic E-state index is 0.172. The largest absolute Gasteiger partial charge is 0.380 e. The molecule has 1 atom stereocenters. The van der Waals surface area contributed by atoms with Gasteiger partial charge in [-0.3, -0.25) is 0 Å². The van der Waals surface area contributed by atoms with Gasteiger partial charge in [-0.15, -0.1) is 6.42 Å². The van der Waals surface area contributed by atoms with E-state index in [9.17, 15) is 5.11 Å². The first-order chi connectivity index (χ1) is 5.13. The van der Waals surface area contributed by atoms with Crippen LogP contribution < -0.4 is 0 Å². The molecule has 1 aliphatic heterocycles. The van der Waals surface area contributed by atoms with Gasteiger partial charge in [-0.1, -0.05) is 19.8 Å². The zero-order valence-corrected chi connectivity index (χ0v) is 7.00. The second-order valence-electron chi connectivity index (χ2n) is 3.45. The molecule has 1 rings (SSSR count). The third-order valence-electron chi connectivity index (χ3n) is 2.59. The molecule has 0 bridgehead atoms. The lowest BCUT2D eigenvalue weighted by atomic mass is 9.71. The van der Waals surface area contributed by atoms with Crippen LogP contribution in [0.3, 0.4) is 0 Å². The Kier molecular flexibility index (Phi) is 2.22. The van der Waals surface area contributed by atoms with Crippen LogP contribution in [-0.4, -0.2) is 24.4 Å². The van der Waals surface area contributed by atoms with E-state index >= 15 is 0 Å². The predicted octanol–water partition coefficient (Wildman–Crippen LogP) is 0.653. The molecule has 11 heavy (non-hydrogen) atoms. The van der Waals surface area contributed by atoms with Gasteiger partial charge in [-0.2, -0.15) is 0 Å². The van der Waals surface area contributed by atoms with Crippen molar-refractivity contribution in [3.63, 3.8) is 0 Å². The molecule has 0 amide bonds. The molecule has 1 unspecified atom stereocenters. The Morgan fingerprint density at radius 2 is 2.09 bits per heavy atom. The van der Waals surface area contributed by atoms with E-state index in [1.807, 2.05) is 0 Å². The van der Waals surface area contributed by atoms with Gasteiger partial charge in [0.05, 0.1) is 18.6 Å². The van der Waals surface area contributed by atoms with Crippen molar-refractivity contribution < 1.29 is 9.84 Å². The Bertz CT molecular complexity index is 174. The summed E-state index contributed by atoms with van der Waals surface area (Å²) in [6, 6.07) is 0. The molecule has 62 valence electrons. The normalized spacial score (nSPS) is 23.9. The van der Waals surface area contributed by atoms with Crippen LogP contribution in [0.5, 0.6) is 0 Å². The number of aliphatic hydroxyl groups is 1. The van der Waals surface area contributed by atoms with Gasteiger partial charge < -0.3 is 9.84 Å². The lowest BCUT2D eigenvalue weighted by Crippen LogP contribution is -2.54. The van der Waals surface area contributed by atoms with E-state index in [4.69, 9.17) is 11.2 Å². The zero-order chi connectivity index (χ0) is 8.48. The fourth-order valence-corrected chi connectivity index (χ4v) is 1.31. The Balaban J connectivity index is 2.69. The number of aliphatic hydroxyl groups excluding tert-OH is 1. The molecule has 0 radical (unpaired) electrons. The average molecular weight is 154 g/mol. The summed E-state index contributed by atoms with van der Waals surface area (Å²) in [5, 5.41) is 9.48. The van der Waals surface area contributed by atoms with E-state index in [1.165, 1.54) is 0 Å². The van der Waals surface area contributed by atoms with E-state index in [2.05, 4.69) is 19.8 Å². The minimum atomic E-state index is -0.656. The van der Waals surface area contributed by atoms with Gasteiger partial charge in [0.1, 0.15) is 6.10 Å². The minimum Gasteiger partial charge on any atom is -0.380 e. The van der Waals surface area contributed by atoms with E-state index in [-0.39, 0.29) is 5.41 Å². The lowest BCUT2D eigenvalue weighted by molar-refractivity contribution is -0.179. The molecule has 1 heterocycles. The molecule has 1 fully saturated rings. The Morgan fingerprint density at radius 1 is 1.55 bits per heavy atom. The summed E-state index contributed by atoms with van der Waals surface area (Å²) in [6.07, 6.45) is 4.49. The smallest absolute Gasteiger partial charge is 0.124 e. The molecular formula is C9H14O2.